The highest BCUT2D eigenvalue weighted by atomic mass is 16.5. The third kappa shape index (κ3) is 3.87. The molecule has 1 aromatic heterocycles. The van der Waals surface area contributed by atoms with Gasteiger partial charge in [0.15, 0.2) is 5.82 Å². The molecule has 5 heteroatoms. The van der Waals surface area contributed by atoms with E-state index in [0.29, 0.717) is 6.61 Å². The molecule has 1 N–H and O–H groups in total. The molecule has 0 spiro atoms. The largest absolute Gasteiger partial charge is 0.491 e. The molecule has 0 atom stereocenters. The second-order valence-electron chi connectivity index (χ2n) is 5.30. The predicted molar refractivity (Wildman–Crippen MR) is 93.6 cm³/mol. The van der Waals surface area contributed by atoms with Crippen molar-refractivity contribution in [1.29, 1.82) is 0 Å². The molecule has 1 aromatic carbocycles. The van der Waals surface area contributed by atoms with Crippen LogP contribution < -0.4 is 4.74 Å². The first-order chi connectivity index (χ1) is 11.1. The zero-order valence-electron chi connectivity index (χ0n) is 13.7. The number of nitrogens with zero attached hydrogens (tertiary/aromatic N) is 3. The molecule has 0 radical (unpaired) electrons. The minimum atomic E-state index is 0.00998. The van der Waals surface area contributed by atoms with E-state index in [1.807, 2.05) is 31.2 Å². The summed E-state index contributed by atoms with van der Waals surface area (Å²) in [6, 6.07) is 7.83. The summed E-state index contributed by atoms with van der Waals surface area (Å²) in [6.07, 6.45) is 1.56. The fourth-order valence-corrected chi connectivity index (χ4v) is 2.45. The van der Waals surface area contributed by atoms with Crippen LogP contribution in [0, 0.1) is 0 Å². The van der Waals surface area contributed by atoms with Crippen molar-refractivity contribution in [1.82, 2.24) is 9.78 Å². The highest BCUT2D eigenvalue weighted by molar-refractivity contribution is 5.57. The van der Waals surface area contributed by atoms with Crippen molar-refractivity contribution in [2.75, 3.05) is 13.2 Å². The van der Waals surface area contributed by atoms with Crippen LogP contribution in [0.1, 0.15) is 30.7 Å². The molecule has 0 aliphatic carbocycles. The van der Waals surface area contributed by atoms with Crippen LogP contribution in [0.5, 0.6) is 5.75 Å². The molecular weight excluding hydrogens is 290 g/mol. The average molecular weight is 313 g/mol. The molecule has 0 amide bonds. The molecule has 0 unspecified atom stereocenters. The van der Waals surface area contributed by atoms with Crippen LogP contribution in [0.3, 0.4) is 0 Å². The van der Waals surface area contributed by atoms with Gasteiger partial charge in [-0.25, -0.2) is 9.67 Å². The quantitative estimate of drug-likeness (QED) is 0.761. The Morgan fingerprint density at radius 2 is 2.04 bits per heavy atom. The van der Waals surface area contributed by atoms with Crippen LogP contribution in [0.2, 0.25) is 0 Å². The van der Waals surface area contributed by atoms with Crippen LogP contribution in [0.15, 0.2) is 35.8 Å². The Balaban J connectivity index is 2.28. The van der Waals surface area contributed by atoms with Gasteiger partial charge >= 0.3 is 0 Å². The smallest absolute Gasteiger partial charge is 0.158 e. The van der Waals surface area contributed by atoms with E-state index in [1.165, 1.54) is 0 Å². The summed E-state index contributed by atoms with van der Waals surface area (Å²) in [5, 5.41) is 13.4. The standard InChI is InChI=1S/C18H23N3O2/c1-5-17-16(18(19-4)21(20-17)13(2)3)12-14-6-8-15(9-7-14)23-11-10-22/h6-9,22H,2,4-5,10-12H2,1,3H3. The van der Waals surface area contributed by atoms with Crippen LogP contribution in [-0.2, 0) is 12.8 Å². The molecule has 122 valence electrons. The number of ether oxygens (including phenoxy) is 1. The van der Waals surface area contributed by atoms with Gasteiger partial charge in [0, 0.05) is 17.7 Å². The van der Waals surface area contributed by atoms with Gasteiger partial charge in [0.2, 0.25) is 0 Å². The zero-order chi connectivity index (χ0) is 16.8. The van der Waals surface area contributed by atoms with Crippen molar-refractivity contribution >= 4 is 18.2 Å². The Hall–Kier alpha value is -2.40. The summed E-state index contributed by atoms with van der Waals surface area (Å²) >= 11 is 0. The Labute approximate surface area is 136 Å². The van der Waals surface area contributed by atoms with E-state index in [4.69, 9.17) is 9.84 Å². The Morgan fingerprint density at radius 1 is 1.35 bits per heavy atom. The van der Waals surface area contributed by atoms with Gasteiger partial charge in [-0.3, -0.25) is 0 Å². The maximum atomic E-state index is 8.78. The lowest BCUT2D eigenvalue weighted by molar-refractivity contribution is 0.201. The molecule has 0 saturated carbocycles. The molecule has 0 fully saturated rings. The van der Waals surface area contributed by atoms with Crippen molar-refractivity contribution in [3.05, 3.63) is 47.7 Å². The topological polar surface area (TPSA) is 59.6 Å². The number of hydrogen-bond donors (Lipinski definition) is 1. The van der Waals surface area contributed by atoms with Gasteiger partial charge in [-0.05, 0) is 37.8 Å². The van der Waals surface area contributed by atoms with Crippen molar-refractivity contribution in [2.45, 2.75) is 26.7 Å². The Kier molecular flexibility index (Phi) is 5.71. The Bertz CT molecular complexity index is 687. The number of benzene rings is 1. The summed E-state index contributed by atoms with van der Waals surface area (Å²) < 4.78 is 7.13. The van der Waals surface area contributed by atoms with Gasteiger partial charge < -0.3 is 9.84 Å². The van der Waals surface area contributed by atoms with Crippen LogP contribution in [0.4, 0.5) is 5.82 Å². The lowest BCUT2D eigenvalue weighted by atomic mass is 10.0. The number of allylic oxidation sites excluding steroid dienone is 1. The SMILES string of the molecule is C=Nc1c(Cc2ccc(OCCO)cc2)c(CC)nn1C(=C)C. The van der Waals surface area contributed by atoms with E-state index in [2.05, 4.69) is 30.3 Å². The molecule has 5 nitrogen and oxygen atoms in total. The zero-order valence-corrected chi connectivity index (χ0v) is 13.7. The molecule has 0 aliphatic heterocycles. The van der Waals surface area contributed by atoms with E-state index in [-0.39, 0.29) is 6.61 Å². The van der Waals surface area contributed by atoms with Crippen LogP contribution in [-0.4, -0.2) is 34.8 Å². The molecule has 0 saturated heterocycles. The molecule has 1 heterocycles. The van der Waals surface area contributed by atoms with Crippen LogP contribution in [0.25, 0.3) is 5.70 Å². The third-order valence-electron chi connectivity index (χ3n) is 3.55. The summed E-state index contributed by atoms with van der Waals surface area (Å²) in [7, 11) is 0. The number of aliphatic hydroxyl groups is 1. The monoisotopic (exact) mass is 313 g/mol. The first-order valence-electron chi connectivity index (χ1n) is 7.66. The predicted octanol–water partition coefficient (Wildman–Crippen LogP) is 3.23. The van der Waals surface area contributed by atoms with Crippen molar-refractivity contribution < 1.29 is 9.84 Å². The molecule has 0 bridgehead atoms. The van der Waals surface area contributed by atoms with Gasteiger partial charge in [-0.1, -0.05) is 25.6 Å². The third-order valence-corrected chi connectivity index (χ3v) is 3.55. The Morgan fingerprint density at radius 3 is 2.57 bits per heavy atom. The number of aryl methyl sites for hydroxylation is 1. The first-order valence-corrected chi connectivity index (χ1v) is 7.66. The van der Waals surface area contributed by atoms with Crippen molar-refractivity contribution in [3.8, 4) is 5.75 Å². The van der Waals surface area contributed by atoms with E-state index in [1.54, 1.807) is 4.68 Å². The number of aliphatic hydroxyl groups excluding tert-OH is 1. The normalized spacial score (nSPS) is 10.6. The van der Waals surface area contributed by atoms with Gasteiger partial charge in [0.05, 0.1) is 12.3 Å². The summed E-state index contributed by atoms with van der Waals surface area (Å²) in [5.41, 5.74) is 4.05. The van der Waals surface area contributed by atoms with Gasteiger partial charge in [0.1, 0.15) is 12.4 Å². The van der Waals surface area contributed by atoms with Gasteiger partial charge in [0.25, 0.3) is 0 Å². The van der Waals surface area contributed by atoms with Crippen molar-refractivity contribution in [2.24, 2.45) is 4.99 Å². The van der Waals surface area contributed by atoms with E-state index in [9.17, 15) is 0 Å². The highest BCUT2D eigenvalue weighted by Crippen LogP contribution is 2.28. The number of hydrogen-bond acceptors (Lipinski definition) is 4. The minimum Gasteiger partial charge on any atom is -0.491 e. The lowest BCUT2D eigenvalue weighted by Gasteiger charge is -2.07. The van der Waals surface area contributed by atoms with Gasteiger partial charge in [-0.15, -0.1) is 0 Å². The number of aromatic nitrogens is 2. The second kappa shape index (κ2) is 7.74. The van der Waals surface area contributed by atoms with Crippen LogP contribution >= 0.6 is 0 Å². The summed E-state index contributed by atoms with van der Waals surface area (Å²) in [4.78, 5) is 4.15. The molecule has 23 heavy (non-hydrogen) atoms. The van der Waals surface area contributed by atoms with E-state index in [0.717, 1.165) is 46.9 Å². The van der Waals surface area contributed by atoms with Crippen molar-refractivity contribution in [3.63, 3.8) is 0 Å². The summed E-state index contributed by atoms with van der Waals surface area (Å²) in [6.45, 7) is 11.9. The first kappa shape index (κ1) is 17.0. The maximum absolute atomic E-state index is 8.78. The van der Waals surface area contributed by atoms with E-state index >= 15 is 0 Å². The summed E-state index contributed by atoms with van der Waals surface area (Å²) in [5.74, 6) is 1.51. The number of aliphatic imine (C=N–C) groups is 1. The second-order valence-corrected chi connectivity index (χ2v) is 5.30. The average Bonchev–Trinajstić information content (AvgIpc) is 2.92. The maximum Gasteiger partial charge on any atom is 0.158 e. The molecule has 2 aromatic rings. The fourth-order valence-electron chi connectivity index (χ4n) is 2.45. The number of rotatable bonds is 8. The van der Waals surface area contributed by atoms with Gasteiger partial charge in [-0.2, -0.15) is 5.10 Å². The molecule has 2 rings (SSSR count). The lowest BCUT2D eigenvalue weighted by Crippen LogP contribution is -2.01. The van der Waals surface area contributed by atoms with E-state index < -0.39 is 0 Å². The molecular formula is C18H23N3O2. The highest BCUT2D eigenvalue weighted by Gasteiger charge is 2.16. The molecule has 0 aliphatic rings. The fraction of sp³-hybridized carbons (Fsp3) is 0.333. The minimum absolute atomic E-state index is 0.00998.